The third-order valence-electron chi connectivity index (χ3n) is 3.42. The minimum absolute atomic E-state index is 0.192. The largest absolute Gasteiger partial charge is 0.382 e. The Morgan fingerprint density at radius 1 is 1.19 bits per heavy atom. The number of nitrogens with zero attached hydrogens (tertiary/aromatic N) is 1. The van der Waals surface area contributed by atoms with Crippen molar-refractivity contribution in [2.75, 3.05) is 33.5 Å². The van der Waals surface area contributed by atoms with Gasteiger partial charge in [-0.3, -0.25) is 4.98 Å². The van der Waals surface area contributed by atoms with Crippen molar-refractivity contribution in [3.05, 3.63) is 41.6 Å². The second kappa shape index (κ2) is 8.08. The number of aromatic nitrogens is 1. The SMILES string of the molecule is CCNC(COCCOC)c1ccc2nc(C)ccc2c1. The van der Waals surface area contributed by atoms with Crippen LogP contribution in [0.2, 0.25) is 0 Å². The summed E-state index contributed by atoms with van der Waals surface area (Å²) in [5.74, 6) is 0. The molecule has 114 valence electrons. The molecule has 0 aliphatic carbocycles. The molecule has 1 aromatic heterocycles. The van der Waals surface area contributed by atoms with Gasteiger partial charge in [-0.15, -0.1) is 0 Å². The van der Waals surface area contributed by atoms with E-state index in [4.69, 9.17) is 9.47 Å². The molecule has 0 spiro atoms. The summed E-state index contributed by atoms with van der Waals surface area (Å²) in [5, 5.41) is 4.63. The molecule has 1 heterocycles. The molecule has 4 nitrogen and oxygen atoms in total. The molecule has 0 bridgehead atoms. The van der Waals surface area contributed by atoms with Crippen molar-refractivity contribution in [1.29, 1.82) is 0 Å². The maximum atomic E-state index is 5.67. The molecule has 0 aliphatic rings. The first kappa shape index (κ1) is 15.9. The zero-order valence-electron chi connectivity index (χ0n) is 13.1. The maximum Gasteiger partial charge on any atom is 0.0705 e. The average molecular weight is 288 g/mol. The Morgan fingerprint density at radius 2 is 2.05 bits per heavy atom. The molecule has 1 unspecified atom stereocenters. The van der Waals surface area contributed by atoms with Crippen molar-refractivity contribution in [3.63, 3.8) is 0 Å². The fourth-order valence-corrected chi connectivity index (χ4v) is 2.33. The zero-order valence-corrected chi connectivity index (χ0v) is 13.1. The van der Waals surface area contributed by atoms with Crippen LogP contribution < -0.4 is 5.32 Å². The van der Waals surface area contributed by atoms with E-state index >= 15 is 0 Å². The van der Waals surface area contributed by atoms with E-state index in [0.29, 0.717) is 19.8 Å². The third-order valence-corrected chi connectivity index (χ3v) is 3.42. The molecule has 0 fully saturated rings. The lowest BCUT2D eigenvalue weighted by Gasteiger charge is -2.19. The van der Waals surface area contributed by atoms with Crippen molar-refractivity contribution >= 4 is 10.9 Å². The first-order valence-electron chi connectivity index (χ1n) is 7.42. The van der Waals surface area contributed by atoms with Crippen LogP contribution in [0.4, 0.5) is 0 Å². The van der Waals surface area contributed by atoms with Crippen molar-refractivity contribution in [2.45, 2.75) is 19.9 Å². The summed E-state index contributed by atoms with van der Waals surface area (Å²) in [4.78, 5) is 4.54. The fraction of sp³-hybridized carbons (Fsp3) is 0.471. The standard InChI is InChI=1S/C17H24N2O2/c1-4-18-17(12-21-10-9-20-3)15-7-8-16-14(11-15)6-5-13(2)19-16/h5-8,11,17-18H,4,9-10,12H2,1-3H3. The van der Waals surface area contributed by atoms with Crippen LogP contribution in [0.5, 0.6) is 0 Å². The number of pyridine rings is 1. The number of rotatable bonds is 8. The normalized spacial score (nSPS) is 12.7. The van der Waals surface area contributed by atoms with Crippen molar-refractivity contribution < 1.29 is 9.47 Å². The van der Waals surface area contributed by atoms with Gasteiger partial charge in [-0.05, 0) is 37.2 Å². The van der Waals surface area contributed by atoms with Crippen LogP contribution in [0.15, 0.2) is 30.3 Å². The summed E-state index contributed by atoms with van der Waals surface area (Å²) < 4.78 is 10.7. The van der Waals surface area contributed by atoms with Crippen LogP contribution >= 0.6 is 0 Å². The molecule has 2 aromatic rings. The topological polar surface area (TPSA) is 43.4 Å². The number of fused-ring (bicyclic) bond motifs is 1. The molecule has 1 aromatic carbocycles. The van der Waals surface area contributed by atoms with Crippen LogP contribution in [0.25, 0.3) is 10.9 Å². The quantitative estimate of drug-likeness (QED) is 0.759. The van der Waals surface area contributed by atoms with Crippen LogP contribution in [-0.2, 0) is 9.47 Å². The molecule has 0 radical (unpaired) electrons. The Kier molecular flexibility index (Phi) is 6.11. The van der Waals surface area contributed by atoms with E-state index in [1.807, 2.05) is 13.0 Å². The number of aryl methyl sites for hydroxylation is 1. The predicted octanol–water partition coefficient (Wildman–Crippen LogP) is 2.86. The van der Waals surface area contributed by atoms with Gasteiger partial charge in [0.05, 0.1) is 31.4 Å². The highest BCUT2D eigenvalue weighted by Gasteiger charge is 2.11. The lowest BCUT2D eigenvalue weighted by atomic mass is 10.0. The predicted molar refractivity (Wildman–Crippen MR) is 85.6 cm³/mol. The number of likely N-dealkylation sites (N-methyl/N-ethyl adjacent to an activating group) is 1. The van der Waals surface area contributed by atoms with Gasteiger partial charge in [0.1, 0.15) is 0 Å². The third kappa shape index (κ3) is 4.49. The zero-order chi connectivity index (χ0) is 15.1. The lowest BCUT2D eigenvalue weighted by Crippen LogP contribution is -2.26. The van der Waals surface area contributed by atoms with E-state index in [1.165, 1.54) is 5.56 Å². The van der Waals surface area contributed by atoms with Crippen LogP contribution in [0.3, 0.4) is 0 Å². The number of benzene rings is 1. The Hall–Kier alpha value is -1.49. The second-order valence-corrected chi connectivity index (χ2v) is 5.08. The minimum Gasteiger partial charge on any atom is -0.382 e. The molecule has 0 amide bonds. The van der Waals surface area contributed by atoms with Gasteiger partial charge in [0.25, 0.3) is 0 Å². The van der Waals surface area contributed by atoms with Crippen molar-refractivity contribution in [3.8, 4) is 0 Å². The molecule has 0 saturated carbocycles. The van der Waals surface area contributed by atoms with E-state index < -0.39 is 0 Å². The van der Waals surface area contributed by atoms with Gasteiger partial charge in [-0.1, -0.05) is 19.1 Å². The Balaban J connectivity index is 2.13. The Bertz CT molecular complexity index is 572. The monoisotopic (exact) mass is 288 g/mol. The van der Waals surface area contributed by atoms with Crippen molar-refractivity contribution in [1.82, 2.24) is 10.3 Å². The van der Waals surface area contributed by atoms with Gasteiger partial charge in [0.2, 0.25) is 0 Å². The molecule has 0 saturated heterocycles. The summed E-state index contributed by atoms with van der Waals surface area (Å²) in [6.07, 6.45) is 0. The number of nitrogens with one attached hydrogen (secondary N) is 1. The summed E-state index contributed by atoms with van der Waals surface area (Å²) >= 11 is 0. The highest BCUT2D eigenvalue weighted by molar-refractivity contribution is 5.79. The summed E-state index contributed by atoms with van der Waals surface area (Å²) in [5.41, 5.74) is 3.31. The molecular weight excluding hydrogens is 264 g/mol. The molecular formula is C17H24N2O2. The smallest absolute Gasteiger partial charge is 0.0705 e. The number of hydrogen-bond acceptors (Lipinski definition) is 4. The fourth-order valence-electron chi connectivity index (χ4n) is 2.33. The van der Waals surface area contributed by atoms with Crippen LogP contribution in [0, 0.1) is 6.92 Å². The number of hydrogen-bond donors (Lipinski definition) is 1. The van der Waals surface area contributed by atoms with E-state index in [1.54, 1.807) is 7.11 Å². The summed E-state index contributed by atoms with van der Waals surface area (Å²) in [6, 6.07) is 10.8. The molecule has 21 heavy (non-hydrogen) atoms. The van der Waals surface area contributed by atoms with Gasteiger partial charge >= 0.3 is 0 Å². The molecule has 0 aliphatic heterocycles. The average Bonchev–Trinajstić information content (AvgIpc) is 2.50. The maximum absolute atomic E-state index is 5.67. The van der Waals surface area contributed by atoms with Gasteiger partial charge in [0.15, 0.2) is 0 Å². The van der Waals surface area contributed by atoms with E-state index in [0.717, 1.165) is 23.1 Å². The molecule has 1 N–H and O–H groups in total. The van der Waals surface area contributed by atoms with E-state index in [9.17, 15) is 0 Å². The highest BCUT2D eigenvalue weighted by Crippen LogP contribution is 2.20. The first-order valence-corrected chi connectivity index (χ1v) is 7.42. The Morgan fingerprint density at radius 3 is 2.81 bits per heavy atom. The van der Waals surface area contributed by atoms with E-state index in [-0.39, 0.29) is 6.04 Å². The van der Waals surface area contributed by atoms with Gasteiger partial charge < -0.3 is 14.8 Å². The molecule has 1 atom stereocenters. The second-order valence-electron chi connectivity index (χ2n) is 5.08. The number of methoxy groups -OCH3 is 1. The van der Waals surface area contributed by atoms with Gasteiger partial charge in [-0.2, -0.15) is 0 Å². The highest BCUT2D eigenvalue weighted by atomic mass is 16.5. The number of ether oxygens (including phenoxy) is 2. The van der Waals surface area contributed by atoms with Crippen molar-refractivity contribution in [2.24, 2.45) is 0 Å². The lowest BCUT2D eigenvalue weighted by molar-refractivity contribution is 0.0588. The molecule has 2 rings (SSSR count). The first-order chi connectivity index (χ1) is 10.2. The van der Waals surface area contributed by atoms with Crippen LogP contribution in [0.1, 0.15) is 24.2 Å². The molecule has 4 heteroatoms. The van der Waals surface area contributed by atoms with Gasteiger partial charge in [-0.25, -0.2) is 0 Å². The van der Waals surface area contributed by atoms with E-state index in [2.05, 4.69) is 41.5 Å². The Labute approximate surface area is 126 Å². The summed E-state index contributed by atoms with van der Waals surface area (Å²) in [7, 11) is 1.68. The minimum atomic E-state index is 0.192. The van der Waals surface area contributed by atoms with Crippen LogP contribution in [-0.4, -0.2) is 38.5 Å². The summed E-state index contributed by atoms with van der Waals surface area (Å²) in [6.45, 7) is 6.91. The van der Waals surface area contributed by atoms with Gasteiger partial charge in [0, 0.05) is 18.2 Å².